The first-order chi connectivity index (χ1) is 9.61. The van der Waals surface area contributed by atoms with Gasteiger partial charge in [-0.15, -0.1) is 0 Å². The van der Waals surface area contributed by atoms with Crippen molar-refractivity contribution in [3.05, 3.63) is 45.5 Å². The molecule has 0 spiro atoms. The second-order valence-corrected chi connectivity index (χ2v) is 6.08. The molecule has 3 rings (SSSR count). The van der Waals surface area contributed by atoms with E-state index in [4.69, 9.17) is 11.6 Å². The Morgan fingerprint density at radius 1 is 1.45 bits per heavy atom. The number of hydrogen-bond donors (Lipinski definition) is 0. The fourth-order valence-corrected chi connectivity index (χ4v) is 3.03. The molecular formula is C15H18ClN3O. The smallest absolute Gasteiger partial charge is 0.258 e. The van der Waals surface area contributed by atoms with Crippen molar-refractivity contribution in [2.75, 3.05) is 13.1 Å². The van der Waals surface area contributed by atoms with Crippen molar-refractivity contribution >= 4 is 17.2 Å². The number of pyridine rings is 1. The number of hydrogen-bond acceptors (Lipinski definition) is 3. The van der Waals surface area contributed by atoms with Crippen molar-refractivity contribution in [3.63, 3.8) is 0 Å². The van der Waals surface area contributed by atoms with Gasteiger partial charge >= 0.3 is 0 Å². The lowest BCUT2D eigenvalue weighted by Gasteiger charge is -2.30. The molecule has 3 heterocycles. The van der Waals surface area contributed by atoms with Gasteiger partial charge in [-0.05, 0) is 37.4 Å². The summed E-state index contributed by atoms with van der Waals surface area (Å²) in [4.78, 5) is 19.0. The molecule has 20 heavy (non-hydrogen) atoms. The first-order valence-corrected chi connectivity index (χ1v) is 7.40. The summed E-state index contributed by atoms with van der Waals surface area (Å²) in [6.45, 7) is 5.20. The Hall–Kier alpha value is -1.39. The molecule has 4 nitrogen and oxygen atoms in total. The maximum Gasteiger partial charge on any atom is 0.258 e. The first-order valence-electron chi connectivity index (χ1n) is 7.02. The molecule has 0 amide bonds. The standard InChI is InChI=1S/C15H18ClN3O/c1-11-3-2-6-18(8-11)10-13-7-15(20)19-9-12(16)4-5-14(19)17-13/h4-5,7,9,11H,2-3,6,8,10H2,1H3/t11-/m1/s1. The lowest BCUT2D eigenvalue weighted by Crippen LogP contribution is -2.34. The minimum absolute atomic E-state index is 0.0717. The Morgan fingerprint density at radius 2 is 2.30 bits per heavy atom. The van der Waals surface area contributed by atoms with Crippen LogP contribution in [-0.4, -0.2) is 27.4 Å². The van der Waals surface area contributed by atoms with Crippen molar-refractivity contribution < 1.29 is 0 Å². The van der Waals surface area contributed by atoms with E-state index in [2.05, 4.69) is 16.8 Å². The summed E-state index contributed by atoms with van der Waals surface area (Å²) in [7, 11) is 0. The Kier molecular flexibility index (Phi) is 3.76. The number of likely N-dealkylation sites (tertiary alicyclic amines) is 1. The van der Waals surface area contributed by atoms with Crippen LogP contribution in [0.5, 0.6) is 0 Å². The molecule has 5 heteroatoms. The molecule has 2 aromatic rings. The second-order valence-electron chi connectivity index (χ2n) is 5.64. The number of fused-ring (bicyclic) bond motifs is 1. The van der Waals surface area contributed by atoms with Gasteiger partial charge in [0, 0.05) is 25.4 Å². The molecule has 0 unspecified atom stereocenters. The molecule has 0 radical (unpaired) electrons. The van der Waals surface area contributed by atoms with Crippen molar-refractivity contribution in [2.45, 2.75) is 26.3 Å². The van der Waals surface area contributed by atoms with Crippen molar-refractivity contribution in [1.82, 2.24) is 14.3 Å². The van der Waals surface area contributed by atoms with E-state index >= 15 is 0 Å². The Morgan fingerprint density at radius 3 is 3.10 bits per heavy atom. The van der Waals surface area contributed by atoms with E-state index in [0.29, 0.717) is 10.7 Å². The largest absolute Gasteiger partial charge is 0.297 e. The summed E-state index contributed by atoms with van der Waals surface area (Å²) in [5, 5.41) is 0.541. The van der Waals surface area contributed by atoms with Crippen LogP contribution in [0.25, 0.3) is 5.65 Å². The van der Waals surface area contributed by atoms with Gasteiger partial charge in [-0.25, -0.2) is 4.98 Å². The highest BCUT2D eigenvalue weighted by atomic mass is 35.5. The average molecular weight is 292 g/mol. The molecule has 1 atom stereocenters. The van der Waals surface area contributed by atoms with E-state index in [0.717, 1.165) is 31.2 Å². The Balaban J connectivity index is 1.89. The molecule has 0 saturated carbocycles. The van der Waals surface area contributed by atoms with Crippen LogP contribution in [-0.2, 0) is 6.54 Å². The lowest BCUT2D eigenvalue weighted by molar-refractivity contribution is 0.175. The zero-order chi connectivity index (χ0) is 14.1. The van der Waals surface area contributed by atoms with Crippen LogP contribution in [0.1, 0.15) is 25.5 Å². The van der Waals surface area contributed by atoms with Gasteiger partial charge in [-0.2, -0.15) is 0 Å². The van der Waals surface area contributed by atoms with Crippen LogP contribution in [0, 0.1) is 5.92 Å². The van der Waals surface area contributed by atoms with Crippen LogP contribution in [0.2, 0.25) is 5.02 Å². The van der Waals surface area contributed by atoms with Crippen LogP contribution < -0.4 is 5.56 Å². The Bertz CT molecular complexity index is 682. The molecule has 2 aromatic heterocycles. The number of nitrogens with zero attached hydrogens (tertiary/aromatic N) is 3. The topological polar surface area (TPSA) is 37.6 Å². The lowest BCUT2D eigenvalue weighted by atomic mass is 10.0. The first kappa shape index (κ1) is 13.6. The predicted molar refractivity (Wildman–Crippen MR) is 80.1 cm³/mol. The summed E-state index contributed by atoms with van der Waals surface area (Å²) in [6.07, 6.45) is 4.13. The van der Waals surface area contributed by atoms with Crippen molar-refractivity contribution in [2.24, 2.45) is 5.92 Å². The fraction of sp³-hybridized carbons (Fsp3) is 0.467. The summed E-state index contributed by atoms with van der Waals surface area (Å²) in [6, 6.07) is 5.16. The summed E-state index contributed by atoms with van der Waals surface area (Å²) in [5.74, 6) is 0.726. The number of halogens is 1. The van der Waals surface area contributed by atoms with Crippen LogP contribution in [0.15, 0.2) is 29.2 Å². The van der Waals surface area contributed by atoms with Gasteiger partial charge in [0.15, 0.2) is 0 Å². The van der Waals surface area contributed by atoms with Crippen molar-refractivity contribution in [3.8, 4) is 0 Å². The highest BCUT2D eigenvalue weighted by Crippen LogP contribution is 2.17. The number of rotatable bonds is 2. The monoisotopic (exact) mass is 291 g/mol. The molecule has 1 fully saturated rings. The van der Waals surface area contributed by atoms with Crippen LogP contribution in [0.4, 0.5) is 0 Å². The molecule has 106 valence electrons. The molecule has 0 bridgehead atoms. The summed E-state index contributed by atoms with van der Waals surface area (Å²) in [5.41, 5.74) is 1.42. The maximum absolute atomic E-state index is 12.1. The minimum Gasteiger partial charge on any atom is -0.297 e. The molecule has 0 aliphatic carbocycles. The van der Waals surface area contributed by atoms with Gasteiger partial charge < -0.3 is 0 Å². The highest BCUT2D eigenvalue weighted by molar-refractivity contribution is 6.30. The van der Waals surface area contributed by atoms with Gasteiger partial charge in [0.25, 0.3) is 5.56 Å². The third-order valence-corrected chi connectivity index (χ3v) is 4.03. The minimum atomic E-state index is -0.0717. The van der Waals surface area contributed by atoms with Gasteiger partial charge in [-0.1, -0.05) is 18.5 Å². The zero-order valence-electron chi connectivity index (χ0n) is 11.6. The Labute approximate surface area is 123 Å². The van der Waals surface area contributed by atoms with Crippen LogP contribution >= 0.6 is 11.6 Å². The SMILES string of the molecule is C[C@@H]1CCCN(Cc2cc(=O)n3cc(Cl)ccc3n2)C1. The molecule has 1 aliphatic rings. The molecule has 0 N–H and O–H groups in total. The van der Waals surface area contributed by atoms with E-state index in [1.807, 2.05) is 0 Å². The normalized spacial score (nSPS) is 20.4. The van der Waals surface area contributed by atoms with E-state index in [1.54, 1.807) is 24.4 Å². The predicted octanol–water partition coefficient (Wildman–Crippen LogP) is 2.58. The average Bonchev–Trinajstić information content (AvgIpc) is 2.40. The second kappa shape index (κ2) is 5.54. The quantitative estimate of drug-likeness (QED) is 0.853. The van der Waals surface area contributed by atoms with E-state index in [1.165, 1.54) is 17.2 Å². The van der Waals surface area contributed by atoms with Crippen molar-refractivity contribution in [1.29, 1.82) is 0 Å². The highest BCUT2D eigenvalue weighted by Gasteiger charge is 2.17. The van der Waals surface area contributed by atoms with E-state index in [9.17, 15) is 4.79 Å². The molecule has 0 aromatic carbocycles. The summed E-state index contributed by atoms with van der Waals surface area (Å²) < 4.78 is 1.49. The molecule has 1 aliphatic heterocycles. The number of aromatic nitrogens is 2. The third-order valence-electron chi connectivity index (χ3n) is 3.80. The van der Waals surface area contributed by atoms with Crippen LogP contribution in [0.3, 0.4) is 0 Å². The van der Waals surface area contributed by atoms with E-state index in [-0.39, 0.29) is 5.56 Å². The molecular weight excluding hydrogens is 274 g/mol. The van der Waals surface area contributed by atoms with Gasteiger partial charge in [0.1, 0.15) is 5.65 Å². The number of piperidine rings is 1. The molecule has 1 saturated heterocycles. The fourth-order valence-electron chi connectivity index (χ4n) is 2.87. The van der Waals surface area contributed by atoms with Gasteiger partial charge in [0.2, 0.25) is 0 Å². The maximum atomic E-state index is 12.1. The third kappa shape index (κ3) is 2.86. The summed E-state index contributed by atoms with van der Waals surface area (Å²) >= 11 is 5.91. The van der Waals surface area contributed by atoms with Gasteiger partial charge in [0.05, 0.1) is 10.7 Å². The van der Waals surface area contributed by atoms with E-state index < -0.39 is 0 Å². The zero-order valence-corrected chi connectivity index (χ0v) is 12.3. The van der Waals surface area contributed by atoms with Gasteiger partial charge in [-0.3, -0.25) is 14.1 Å².